The monoisotopic (exact) mass is 383 g/mol. The zero-order valence-corrected chi connectivity index (χ0v) is 17.2. The van der Waals surface area contributed by atoms with E-state index in [2.05, 4.69) is 36.1 Å². The number of hydrogen-bond donors (Lipinski definition) is 0. The molecule has 0 aliphatic carbocycles. The first kappa shape index (κ1) is 19.4. The predicted octanol–water partition coefficient (Wildman–Crippen LogP) is 2.82. The molecular weight excluding hydrogens is 350 g/mol. The van der Waals surface area contributed by atoms with Crippen LogP contribution in [-0.4, -0.2) is 65.8 Å². The van der Waals surface area contributed by atoms with Gasteiger partial charge in [-0.1, -0.05) is 29.8 Å². The number of amides is 2. The molecule has 0 N–H and O–H groups in total. The molecule has 1 atom stereocenters. The van der Waals surface area contributed by atoms with Gasteiger partial charge in [-0.2, -0.15) is 0 Å². The van der Waals surface area contributed by atoms with Crippen molar-refractivity contribution >= 4 is 11.8 Å². The lowest BCUT2D eigenvalue weighted by Gasteiger charge is -2.40. The molecule has 0 radical (unpaired) electrons. The second-order valence-corrected chi connectivity index (χ2v) is 9.14. The Labute approximate surface area is 168 Å². The van der Waals surface area contributed by atoms with Crippen LogP contribution in [0.4, 0.5) is 0 Å². The van der Waals surface area contributed by atoms with Crippen molar-refractivity contribution in [3.05, 3.63) is 35.4 Å². The summed E-state index contributed by atoms with van der Waals surface area (Å²) in [7, 11) is 0. The Kier molecular flexibility index (Phi) is 5.72. The van der Waals surface area contributed by atoms with Gasteiger partial charge in [-0.25, -0.2) is 0 Å². The van der Waals surface area contributed by atoms with E-state index in [-0.39, 0.29) is 23.8 Å². The van der Waals surface area contributed by atoms with E-state index in [1.54, 1.807) is 4.90 Å². The number of piperidine rings is 2. The highest BCUT2D eigenvalue weighted by Crippen LogP contribution is 2.39. The first-order valence-electron chi connectivity index (χ1n) is 10.9. The van der Waals surface area contributed by atoms with Crippen LogP contribution >= 0.6 is 0 Å². The maximum atomic E-state index is 12.8. The van der Waals surface area contributed by atoms with E-state index in [4.69, 9.17) is 0 Å². The summed E-state index contributed by atoms with van der Waals surface area (Å²) in [5.41, 5.74) is 2.93. The Balaban J connectivity index is 1.34. The molecule has 5 nitrogen and oxygen atoms in total. The number of nitrogens with zero attached hydrogens (tertiary/aromatic N) is 3. The van der Waals surface area contributed by atoms with Gasteiger partial charge >= 0.3 is 0 Å². The van der Waals surface area contributed by atoms with E-state index in [1.807, 2.05) is 4.90 Å². The minimum Gasteiger partial charge on any atom is -0.341 e. The van der Waals surface area contributed by atoms with Crippen LogP contribution in [0.2, 0.25) is 0 Å². The third kappa shape index (κ3) is 4.40. The highest BCUT2D eigenvalue weighted by molar-refractivity contribution is 5.85. The number of carbonyl (C=O) groups excluding carboxylic acids is 2. The lowest BCUT2D eigenvalue weighted by molar-refractivity contribution is -0.141. The van der Waals surface area contributed by atoms with Gasteiger partial charge in [-0.3, -0.25) is 14.5 Å². The molecule has 3 heterocycles. The maximum absolute atomic E-state index is 12.8. The molecule has 1 spiro atoms. The molecule has 28 heavy (non-hydrogen) atoms. The summed E-state index contributed by atoms with van der Waals surface area (Å²) in [5, 5.41) is 0. The number of likely N-dealkylation sites (tertiary alicyclic amines) is 3. The van der Waals surface area contributed by atoms with Crippen LogP contribution in [0.5, 0.6) is 0 Å². The number of hydrogen-bond acceptors (Lipinski definition) is 3. The summed E-state index contributed by atoms with van der Waals surface area (Å²) in [5.74, 6) is 0.290. The second kappa shape index (κ2) is 8.24. The molecule has 3 fully saturated rings. The van der Waals surface area contributed by atoms with Crippen molar-refractivity contribution in [2.75, 3.05) is 39.3 Å². The van der Waals surface area contributed by atoms with Crippen molar-refractivity contribution in [3.63, 3.8) is 0 Å². The van der Waals surface area contributed by atoms with Crippen molar-refractivity contribution in [3.8, 4) is 0 Å². The average molecular weight is 384 g/mol. The summed E-state index contributed by atoms with van der Waals surface area (Å²) in [6.07, 6.45) is 6.11. The van der Waals surface area contributed by atoms with Gasteiger partial charge in [0.05, 0.1) is 6.54 Å². The molecule has 1 aromatic rings. The lowest BCUT2D eigenvalue weighted by atomic mass is 9.79. The molecule has 3 aliphatic rings. The molecule has 3 aliphatic heterocycles. The summed E-state index contributed by atoms with van der Waals surface area (Å²) >= 11 is 0. The van der Waals surface area contributed by atoms with Crippen molar-refractivity contribution < 1.29 is 9.59 Å². The summed E-state index contributed by atoms with van der Waals surface area (Å²) in [4.78, 5) is 31.2. The van der Waals surface area contributed by atoms with Crippen molar-refractivity contribution in [2.24, 2.45) is 5.41 Å². The van der Waals surface area contributed by atoms with Crippen LogP contribution in [0.25, 0.3) is 0 Å². The molecule has 0 bridgehead atoms. The van der Waals surface area contributed by atoms with Crippen molar-refractivity contribution in [2.45, 2.75) is 52.0 Å². The van der Waals surface area contributed by atoms with Gasteiger partial charge < -0.3 is 9.80 Å². The zero-order valence-electron chi connectivity index (χ0n) is 17.2. The number of carbonyl (C=O) groups is 2. The van der Waals surface area contributed by atoms with E-state index in [9.17, 15) is 9.59 Å². The second-order valence-electron chi connectivity index (χ2n) is 9.14. The molecule has 152 valence electrons. The fraction of sp³-hybridized carbons (Fsp3) is 0.652. The minimum atomic E-state index is 0.142. The Bertz CT molecular complexity index is 734. The third-order valence-electron chi connectivity index (χ3n) is 6.77. The Morgan fingerprint density at radius 3 is 2.79 bits per heavy atom. The molecule has 0 unspecified atom stereocenters. The Hall–Kier alpha value is -1.88. The minimum absolute atomic E-state index is 0.142. The first-order chi connectivity index (χ1) is 13.5. The fourth-order valence-corrected chi connectivity index (χ4v) is 5.29. The van der Waals surface area contributed by atoms with Gasteiger partial charge in [-0.15, -0.1) is 0 Å². The van der Waals surface area contributed by atoms with E-state index < -0.39 is 0 Å². The van der Waals surface area contributed by atoms with E-state index in [1.165, 1.54) is 24.0 Å². The SMILES string of the molecule is Cc1cccc(CN2CCC[C@@]3(CCN(C(=O)CN4CCCCC4=O)C3)C2)c1. The van der Waals surface area contributed by atoms with Crippen molar-refractivity contribution in [1.29, 1.82) is 0 Å². The molecule has 4 rings (SSSR count). The normalized spacial score (nSPS) is 26.2. The van der Waals surface area contributed by atoms with Crippen LogP contribution in [0, 0.1) is 12.3 Å². The quantitative estimate of drug-likeness (QED) is 0.803. The molecule has 1 aromatic carbocycles. The van der Waals surface area contributed by atoms with Crippen molar-refractivity contribution in [1.82, 2.24) is 14.7 Å². The van der Waals surface area contributed by atoms with Gasteiger partial charge in [-0.05, 0) is 51.1 Å². The number of benzene rings is 1. The van der Waals surface area contributed by atoms with Crippen LogP contribution in [0.1, 0.15) is 49.7 Å². The lowest BCUT2D eigenvalue weighted by Crippen LogP contribution is -2.47. The van der Waals surface area contributed by atoms with Gasteiger partial charge in [0.2, 0.25) is 11.8 Å². The molecule has 3 saturated heterocycles. The van der Waals surface area contributed by atoms with E-state index in [0.29, 0.717) is 6.42 Å². The maximum Gasteiger partial charge on any atom is 0.242 e. The zero-order chi connectivity index (χ0) is 19.6. The molecular formula is C23H33N3O2. The van der Waals surface area contributed by atoms with Gasteiger partial charge in [0.1, 0.15) is 0 Å². The van der Waals surface area contributed by atoms with E-state index >= 15 is 0 Å². The fourth-order valence-electron chi connectivity index (χ4n) is 5.29. The van der Waals surface area contributed by atoms with Gasteiger partial charge in [0.15, 0.2) is 0 Å². The topological polar surface area (TPSA) is 43.9 Å². The van der Waals surface area contributed by atoms with Gasteiger partial charge in [0.25, 0.3) is 0 Å². The first-order valence-corrected chi connectivity index (χ1v) is 10.9. The Morgan fingerprint density at radius 1 is 1.07 bits per heavy atom. The standard InChI is InChI=1S/C23H33N3O2/c1-19-6-4-7-20(14-19)15-24-11-5-9-23(17-24)10-13-26(18-23)22(28)16-25-12-3-2-8-21(25)27/h4,6-7,14H,2-3,5,8-13,15-18H2,1H3/t23-/m1/s1. The number of aryl methyl sites for hydroxylation is 1. The smallest absolute Gasteiger partial charge is 0.242 e. The third-order valence-corrected chi connectivity index (χ3v) is 6.77. The largest absolute Gasteiger partial charge is 0.341 e. The summed E-state index contributed by atoms with van der Waals surface area (Å²) in [6, 6.07) is 8.78. The molecule has 5 heteroatoms. The predicted molar refractivity (Wildman–Crippen MR) is 110 cm³/mol. The summed E-state index contributed by atoms with van der Waals surface area (Å²) < 4.78 is 0. The molecule has 0 aromatic heterocycles. The van der Waals surface area contributed by atoms with Crippen LogP contribution in [-0.2, 0) is 16.1 Å². The van der Waals surface area contributed by atoms with Gasteiger partial charge in [0, 0.05) is 44.6 Å². The average Bonchev–Trinajstić information content (AvgIpc) is 3.07. The van der Waals surface area contributed by atoms with Crippen LogP contribution in [0.3, 0.4) is 0 Å². The van der Waals surface area contributed by atoms with Crippen LogP contribution < -0.4 is 0 Å². The molecule has 0 saturated carbocycles. The van der Waals surface area contributed by atoms with E-state index in [0.717, 1.165) is 58.5 Å². The van der Waals surface area contributed by atoms with Crippen LogP contribution in [0.15, 0.2) is 24.3 Å². The summed E-state index contributed by atoms with van der Waals surface area (Å²) in [6.45, 7) is 8.10. The highest BCUT2D eigenvalue weighted by atomic mass is 16.2. The molecule has 2 amide bonds. The highest BCUT2D eigenvalue weighted by Gasteiger charge is 2.43. The number of rotatable bonds is 4. The Morgan fingerprint density at radius 2 is 1.96 bits per heavy atom.